The molecule has 3 N–H and O–H groups in total. The molecule has 0 saturated carbocycles. The predicted molar refractivity (Wildman–Crippen MR) is 51.0 cm³/mol. The SMILES string of the molecule is CCC1C(=O)NC2(CN)N(C)OC12C. The van der Waals surface area contributed by atoms with E-state index < -0.39 is 11.3 Å². The molecule has 0 spiro atoms. The summed E-state index contributed by atoms with van der Waals surface area (Å²) in [6.45, 7) is 4.32. The molecule has 5 heteroatoms. The van der Waals surface area contributed by atoms with Gasteiger partial charge in [-0.3, -0.25) is 9.63 Å². The largest absolute Gasteiger partial charge is 0.332 e. The number of likely N-dealkylation sites (N-methyl/N-ethyl adjacent to an activating group) is 1. The maximum Gasteiger partial charge on any atom is 0.227 e. The molecule has 14 heavy (non-hydrogen) atoms. The van der Waals surface area contributed by atoms with Gasteiger partial charge in [0.05, 0.1) is 5.92 Å². The number of amides is 1. The van der Waals surface area contributed by atoms with Crippen LogP contribution in [0.5, 0.6) is 0 Å². The van der Waals surface area contributed by atoms with E-state index in [-0.39, 0.29) is 11.8 Å². The first kappa shape index (κ1) is 9.89. The highest BCUT2D eigenvalue weighted by Gasteiger charge is 2.72. The van der Waals surface area contributed by atoms with E-state index in [2.05, 4.69) is 5.32 Å². The van der Waals surface area contributed by atoms with Crippen molar-refractivity contribution in [3.05, 3.63) is 0 Å². The van der Waals surface area contributed by atoms with Crippen LogP contribution in [-0.4, -0.2) is 35.8 Å². The van der Waals surface area contributed by atoms with Gasteiger partial charge in [-0.05, 0) is 13.3 Å². The minimum atomic E-state index is -0.495. The first-order chi connectivity index (χ1) is 6.52. The summed E-state index contributed by atoms with van der Waals surface area (Å²) in [5.74, 6) is -0.0490. The summed E-state index contributed by atoms with van der Waals surface area (Å²) in [7, 11) is 1.80. The Balaban J connectivity index is 2.37. The number of rotatable bonds is 2. The summed E-state index contributed by atoms with van der Waals surface area (Å²) in [6.07, 6.45) is 0.776. The van der Waals surface area contributed by atoms with Gasteiger partial charge in [-0.15, -0.1) is 0 Å². The minimum absolute atomic E-state index is 0.0461. The van der Waals surface area contributed by atoms with E-state index in [0.29, 0.717) is 6.54 Å². The molecule has 2 rings (SSSR count). The molecular formula is C9H17N3O2. The quantitative estimate of drug-likeness (QED) is 0.625. The third-order valence-electron chi connectivity index (χ3n) is 3.70. The number of nitrogens with one attached hydrogen (secondary N) is 1. The molecule has 2 fully saturated rings. The second-order valence-corrected chi connectivity index (χ2v) is 4.21. The molecule has 3 unspecified atom stereocenters. The Morgan fingerprint density at radius 1 is 1.71 bits per heavy atom. The van der Waals surface area contributed by atoms with E-state index in [1.165, 1.54) is 0 Å². The van der Waals surface area contributed by atoms with E-state index >= 15 is 0 Å². The monoisotopic (exact) mass is 199 g/mol. The lowest BCUT2D eigenvalue weighted by Crippen LogP contribution is -2.80. The van der Waals surface area contributed by atoms with Gasteiger partial charge in [0.1, 0.15) is 5.60 Å². The van der Waals surface area contributed by atoms with Gasteiger partial charge in [0.15, 0.2) is 5.66 Å². The van der Waals surface area contributed by atoms with Crippen molar-refractivity contribution >= 4 is 5.91 Å². The summed E-state index contributed by atoms with van der Waals surface area (Å²) in [5.41, 5.74) is 4.76. The van der Waals surface area contributed by atoms with Gasteiger partial charge in [-0.1, -0.05) is 6.92 Å². The van der Waals surface area contributed by atoms with Crippen LogP contribution in [0.25, 0.3) is 0 Å². The summed E-state index contributed by atoms with van der Waals surface area (Å²) in [6, 6.07) is 0. The van der Waals surface area contributed by atoms with Crippen molar-refractivity contribution in [1.82, 2.24) is 10.4 Å². The van der Waals surface area contributed by atoms with Crippen LogP contribution in [0.1, 0.15) is 20.3 Å². The van der Waals surface area contributed by atoms with Crippen molar-refractivity contribution in [1.29, 1.82) is 0 Å². The molecule has 0 aromatic rings. The summed E-state index contributed by atoms with van der Waals surface area (Å²) in [5, 5.41) is 4.60. The number of hydrogen-bond acceptors (Lipinski definition) is 4. The van der Waals surface area contributed by atoms with Crippen molar-refractivity contribution in [2.24, 2.45) is 11.7 Å². The highest BCUT2D eigenvalue weighted by atomic mass is 16.7. The molecule has 0 radical (unpaired) electrons. The summed E-state index contributed by atoms with van der Waals surface area (Å²) >= 11 is 0. The maximum atomic E-state index is 11.7. The molecule has 2 aliphatic heterocycles. The van der Waals surface area contributed by atoms with Crippen molar-refractivity contribution < 1.29 is 9.63 Å². The lowest BCUT2D eigenvalue weighted by Gasteiger charge is -2.58. The average molecular weight is 199 g/mol. The number of carbonyl (C=O) groups is 1. The third-order valence-corrected chi connectivity index (χ3v) is 3.70. The van der Waals surface area contributed by atoms with Crippen molar-refractivity contribution in [2.75, 3.05) is 13.6 Å². The first-order valence-electron chi connectivity index (χ1n) is 4.97. The Kier molecular flexibility index (Phi) is 1.90. The zero-order valence-corrected chi connectivity index (χ0v) is 8.83. The molecule has 5 nitrogen and oxygen atoms in total. The zero-order chi connectivity index (χ0) is 10.6. The van der Waals surface area contributed by atoms with Crippen molar-refractivity contribution in [3.63, 3.8) is 0 Å². The third kappa shape index (κ3) is 0.785. The Bertz CT molecular complexity index is 283. The molecule has 80 valence electrons. The predicted octanol–water partition coefficient (Wildman–Crippen LogP) is -0.567. The van der Waals surface area contributed by atoms with Gasteiger partial charge in [0, 0.05) is 13.6 Å². The van der Waals surface area contributed by atoms with Crippen LogP contribution in [0.2, 0.25) is 0 Å². The van der Waals surface area contributed by atoms with Crippen LogP contribution in [-0.2, 0) is 9.63 Å². The van der Waals surface area contributed by atoms with E-state index in [1.54, 1.807) is 12.1 Å². The second-order valence-electron chi connectivity index (χ2n) is 4.21. The van der Waals surface area contributed by atoms with Crippen molar-refractivity contribution in [2.45, 2.75) is 31.5 Å². The summed E-state index contributed by atoms with van der Waals surface area (Å²) in [4.78, 5) is 17.3. The van der Waals surface area contributed by atoms with Gasteiger partial charge in [-0.2, -0.15) is 5.06 Å². The van der Waals surface area contributed by atoms with Crippen LogP contribution in [0, 0.1) is 5.92 Å². The van der Waals surface area contributed by atoms with Crippen LogP contribution < -0.4 is 11.1 Å². The molecule has 2 heterocycles. The zero-order valence-electron chi connectivity index (χ0n) is 8.83. The van der Waals surface area contributed by atoms with Gasteiger partial charge in [-0.25, -0.2) is 0 Å². The first-order valence-corrected chi connectivity index (χ1v) is 4.97. The molecule has 2 aliphatic rings. The van der Waals surface area contributed by atoms with Gasteiger partial charge < -0.3 is 11.1 Å². The fourth-order valence-electron chi connectivity index (χ4n) is 2.76. The summed E-state index contributed by atoms with van der Waals surface area (Å²) < 4.78 is 0. The number of hydroxylamine groups is 2. The number of nitrogens with zero attached hydrogens (tertiary/aromatic N) is 1. The van der Waals surface area contributed by atoms with Crippen LogP contribution >= 0.6 is 0 Å². The highest BCUT2D eigenvalue weighted by Crippen LogP contribution is 2.50. The smallest absolute Gasteiger partial charge is 0.227 e. The minimum Gasteiger partial charge on any atom is -0.332 e. The fourth-order valence-corrected chi connectivity index (χ4v) is 2.76. The van der Waals surface area contributed by atoms with E-state index in [4.69, 9.17) is 10.6 Å². The lowest BCUT2D eigenvalue weighted by atomic mass is 9.78. The van der Waals surface area contributed by atoms with Crippen LogP contribution in [0.15, 0.2) is 0 Å². The Morgan fingerprint density at radius 2 is 2.36 bits per heavy atom. The fraction of sp³-hybridized carbons (Fsp3) is 0.889. The highest BCUT2D eigenvalue weighted by molar-refractivity contribution is 5.85. The normalized spacial score (nSPS) is 47.1. The van der Waals surface area contributed by atoms with Gasteiger partial charge in [0.2, 0.25) is 5.91 Å². The Hall–Kier alpha value is -0.650. The molecule has 0 bridgehead atoms. The van der Waals surface area contributed by atoms with Crippen LogP contribution in [0.4, 0.5) is 0 Å². The maximum absolute atomic E-state index is 11.7. The molecule has 0 aliphatic carbocycles. The molecule has 1 amide bonds. The van der Waals surface area contributed by atoms with Crippen molar-refractivity contribution in [3.8, 4) is 0 Å². The topological polar surface area (TPSA) is 67.6 Å². The van der Waals surface area contributed by atoms with Crippen LogP contribution in [0.3, 0.4) is 0 Å². The van der Waals surface area contributed by atoms with Gasteiger partial charge >= 0.3 is 0 Å². The van der Waals surface area contributed by atoms with E-state index in [9.17, 15) is 4.79 Å². The van der Waals surface area contributed by atoms with E-state index in [0.717, 1.165) is 6.42 Å². The number of carbonyl (C=O) groups excluding carboxylic acids is 1. The molecule has 0 aromatic heterocycles. The molecule has 2 saturated heterocycles. The molecular weight excluding hydrogens is 182 g/mol. The average Bonchev–Trinajstić information content (AvgIpc) is 2.30. The number of fused-ring (bicyclic) bond motifs is 1. The number of nitrogens with two attached hydrogens (primary N) is 1. The Labute approximate surface area is 83.5 Å². The lowest BCUT2D eigenvalue weighted by molar-refractivity contribution is -0.423. The molecule has 0 aromatic carbocycles. The molecule has 3 atom stereocenters. The van der Waals surface area contributed by atoms with Gasteiger partial charge in [0.25, 0.3) is 0 Å². The standard InChI is InChI=1S/C9H17N3O2/c1-4-6-7(13)11-9(5-10)8(6,2)14-12(9)3/h6H,4-5,10H2,1-3H3,(H,11,13). The second kappa shape index (κ2) is 2.68. The van der Waals surface area contributed by atoms with E-state index in [1.807, 2.05) is 13.8 Å². The Morgan fingerprint density at radius 3 is 2.71 bits per heavy atom. The number of hydrogen-bond donors (Lipinski definition) is 2.